The van der Waals surface area contributed by atoms with Gasteiger partial charge in [0.15, 0.2) is 5.69 Å². The number of aryl methyl sites for hydroxylation is 1. The van der Waals surface area contributed by atoms with Gasteiger partial charge >= 0.3 is 6.18 Å². The Hall–Kier alpha value is -4.53. The summed E-state index contributed by atoms with van der Waals surface area (Å²) in [5, 5.41) is 13.2. The zero-order chi connectivity index (χ0) is 34.7. The van der Waals surface area contributed by atoms with E-state index in [0.29, 0.717) is 44.2 Å². The molecule has 0 aliphatic carbocycles. The van der Waals surface area contributed by atoms with E-state index in [1.54, 1.807) is 42.5 Å². The summed E-state index contributed by atoms with van der Waals surface area (Å²) in [6, 6.07) is 13.7. The van der Waals surface area contributed by atoms with Gasteiger partial charge in [-0.05, 0) is 60.0 Å². The van der Waals surface area contributed by atoms with Crippen LogP contribution < -0.4 is 10.9 Å². The second kappa shape index (κ2) is 14.3. The highest BCUT2D eigenvalue weighted by Crippen LogP contribution is 2.35. The predicted molar refractivity (Wildman–Crippen MR) is 181 cm³/mol. The Morgan fingerprint density at radius 2 is 1.83 bits per heavy atom. The summed E-state index contributed by atoms with van der Waals surface area (Å²) in [5.41, 5.74) is -0.303. The lowest BCUT2D eigenvalue weighted by Crippen LogP contribution is -2.25. The van der Waals surface area contributed by atoms with E-state index in [9.17, 15) is 22.8 Å². The molecule has 1 unspecified atom stereocenters. The van der Waals surface area contributed by atoms with Crippen molar-refractivity contribution in [3.05, 3.63) is 109 Å². The molecular formula is C32H29Cl2F3N8O2S. The topological polar surface area (TPSA) is 113 Å². The average Bonchev–Trinajstić information content (AvgIpc) is 3.79. The Labute approximate surface area is 286 Å². The van der Waals surface area contributed by atoms with E-state index in [1.807, 2.05) is 18.4 Å². The first-order valence-corrected chi connectivity index (χ1v) is 16.2. The summed E-state index contributed by atoms with van der Waals surface area (Å²) in [6.45, 7) is 6.26. The van der Waals surface area contributed by atoms with Crippen molar-refractivity contribution >= 4 is 57.0 Å². The largest absolute Gasteiger partial charge is 0.435 e. The van der Waals surface area contributed by atoms with E-state index in [1.165, 1.54) is 40.3 Å². The number of anilines is 1. The molecule has 48 heavy (non-hydrogen) atoms. The predicted octanol–water partition coefficient (Wildman–Crippen LogP) is 8.18. The van der Waals surface area contributed by atoms with Crippen LogP contribution >= 0.6 is 34.5 Å². The van der Waals surface area contributed by atoms with Gasteiger partial charge < -0.3 is 5.32 Å². The van der Waals surface area contributed by atoms with Crippen molar-refractivity contribution in [1.82, 2.24) is 34.1 Å². The zero-order valence-corrected chi connectivity index (χ0v) is 28.4. The maximum atomic E-state index is 13.1. The Kier molecular flexibility index (Phi) is 10.4. The normalized spacial score (nSPS) is 12.2. The summed E-state index contributed by atoms with van der Waals surface area (Å²) in [5.74, 6) is 0.198. The number of alkyl halides is 3. The molecule has 0 saturated carbocycles. The second-order valence-electron chi connectivity index (χ2n) is 11.3. The van der Waals surface area contributed by atoms with Gasteiger partial charge in [0.25, 0.3) is 11.5 Å². The van der Waals surface area contributed by atoms with Gasteiger partial charge in [-0.1, -0.05) is 56.1 Å². The third-order valence-electron chi connectivity index (χ3n) is 7.09. The molecule has 0 spiro atoms. The molecule has 1 amide bonds. The Balaban J connectivity index is 0.000000188. The van der Waals surface area contributed by atoms with Crippen LogP contribution in [-0.2, 0) is 13.2 Å². The summed E-state index contributed by atoms with van der Waals surface area (Å²) < 4.78 is 42.8. The Bertz CT molecular complexity index is 2120. The van der Waals surface area contributed by atoms with Gasteiger partial charge in [-0.15, -0.1) is 11.3 Å². The Morgan fingerprint density at radius 1 is 1.08 bits per heavy atom. The number of para-hydroxylation sites is 1. The number of hydrogen-bond donors (Lipinski definition) is 1. The molecule has 4 aromatic heterocycles. The summed E-state index contributed by atoms with van der Waals surface area (Å²) >= 11 is 13.8. The molecule has 0 saturated heterocycles. The van der Waals surface area contributed by atoms with Gasteiger partial charge in [0.1, 0.15) is 12.7 Å². The van der Waals surface area contributed by atoms with Crippen molar-refractivity contribution < 1.29 is 18.0 Å². The van der Waals surface area contributed by atoms with Crippen LogP contribution in [0.15, 0.2) is 77.6 Å². The van der Waals surface area contributed by atoms with Gasteiger partial charge in [0, 0.05) is 23.1 Å². The molecule has 0 aliphatic heterocycles. The van der Waals surface area contributed by atoms with Gasteiger partial charge in [0.05, 0.1) is 32.9 Å². The first-order valence-electron chi connectivity index (χ1n) is 14.6. The van der Waals surface area contributed by atoms with Crippen molar-refractivity contribution in [1.29, 1.82) is 0 Å². The number of carbonyl (C=O) groups excluding carboxylic acids is 1. The zero-order valence-electron chi connectivity index (χ0n) is 26.0. The number of fused-ring (bicyclic) bond motifs is 1. The number of halogens is 5. The third-order valence-corrected chi connectivity index (χ3v) is 8.78. The fourth-order valence-electron chi connectivity index (χ4n) is 5.14. The van der Waals surface area contributed by atoms with E-state index >= 15 is 0 Å². The first-order chi connectivity index (χ1) is 22.7. The summed E-state index contributed by atoms with van der Waals surface area (Å²) in [4.78, 5) is 34.8. The van der Waals surface area contributed by atoms with E-state index in [-0.39, 0.29) is 11.5 Å². The standard InChI is InChI=1S/C16H9Cl2N5O.C16H20F3N3OS/c17-10-5-6-14(12(18)7-10)23-15(24)11-3-1-2-4-13(11)21-16(23)22-9-19-8-20-22;1-9(2)7-10(3)13-12(5-6-24-13)20-15(23)11-8-22(4)21-14(11)16(17,18)19/h1-9H;5-6,8-10H,7H2,1-4H3,(H,20,23). The molecular weight excluding hydrogens is 688 g/mol. The molecule has 4 heterocycles. The highest BCUT2D eigenvalue weighted by molar-refractivity contribution is 7.10. The highest BCUT2D eigenvalue weighted by Gasteiger charge is 2.39. The van der Waals surface area contributed by atoms with Crippen molar-refractivity contribution in [2.45, 2.75) is 39.3 Å². The fourth-order valence-corrected chi connectivity index (χ4v) is 6.56. The minimum atomic E-state index is -4.67. The number of carbonyl (C=O) groups is 1. The molecule has 2 aromatic carbocycles. The van der Waals surface area contributed by atoms with Crippen LogP contribution in [0.4, 0.5) is 18.9 Å². The minimum Gasteiger partial charge on any atom is -0.321 e. The fraction of sp³-hybridized carbons (Fsp3) is 0.250. The lowest BCUT2D eigenvalue weighted by molar-refractivity contribution is -0.141. The number of rotatable bonds is 7. The molecule has 0 aliphatic rings. The van der Waals surface area contributed by atoms with Crippen LogP contribution in [0.5, 0.6) is 0 Å². The van der Waals surface area contributed by atoms with E-state index in [4.69, 9.17) is 23.2 Å². The lowest BCUT2D eigenvalue weighted by atomic mass is 9.97. The van der Waals surface area contributed by atoms with Gasteiger partial charge in [-0.3, -0.25) is 14.3 Å². The SMILES string of the molecule is CC(C)CC(C)c1sccc1NC(=O)c1cn(C)nc1C(F)(F)F.O=c1c2ccccc2nc(-n2cncn2)n1-c1ccc(Cl)cc1Cl. The highest BCUT2D eigenvalue weighted by atomic mass is 35.5. The van der Waals surface area contributed by atoms with Crippen molar-refractivity contribution in [3.8, 4) is 11.6 Å². The van der Waals surface area contributed by atoms with Crippen molar-refractivity contribution in [2.24, 2.45) is 13.0 Å². The maximum Gasteiger partial charge on any atom is 0.435 e. The van der Waals surface area contributed by atoms with Crippen LogP contribution in [0, 0.1) is 5.92 Å². The van der Waals surface area contributed by atoms with Crippen LogP contribution in [-0.4, -0.2) is 40.0 Å². The molecule has 1 atom stereocenters. The molecule has 1 N–H and O–H groups in total. The molecule has 0 fully saturated rings. The van der Waals surface area contributed by atoms with Gasteiger partial charge in [-0.25, -0.2) is 14.5 Å². The smallest absolute Gasteiger partial charge is 0.321 e. The minimum absolute atomic E-state index is 0.219. The number of aromatic nitrogens is 7. The van der Waals surface area contributed by atoms with Crippen LogP contribution in [0.25, 0.3) is 22.5 Å². The van der Waals surface area contributed by atoms with Crippen molar-refractivity contribution in [3.63, 3.8) is 0 Å². The molecule has 0 radical (unpaired) electrons. The third kappa shape index (κ3) is 7.61. The number of benzene rings is 2. The first kappa shape index (κ1) is 34.8. The monoisotopic (exact) mass is 716 g/mol. The molecule has 16 heteroatoms. The molecule has 0 bridgehead atoms. The van der Waals surface area contributed by atoms with E-state index in [0.717, 1.165) is 22.2 Å². The number of hydrogen-bond acceptors (Lipinski definition) is 7. The van der Waals surface area contributed by atoms with Crippen LogP contribution in [0.2, 0.25) is 10.0 Å². The number of thiophene rings is 1. The molecule has 10 nitrogen and oxygen atoms in total. The summed E-state index contributed by atoms with van der Waals surface area (Å²) in [6.07, 6.45) is 0.189. The quantitative estimate of drug-likeness (QED) is 0.178. The van der Waals surface area contributed by atoms with Crippen LogP contribution in [0.3, 0.4) is 0 Å². The number of nitrogens with zero attached hydrogens (tertiary/aromatic N) is 7. The average molecular weight is 718 g/mol. The van der Waals surface area contributed by atoms with E-state index < -0.39 is 23.3 Å². The molecule has 6 rings (SSSR count). The van der Waals surface area contributed by atoms with Gasteiger partial charge in [-0.2, -0.15) is 28.1 Å². The maximum absolute atomic E-state index is 13.1. The second-order valence-corrected chi connectivity index (χ2v) is 13.0. The number of nitrogens with one attached hydrogen (secondary N) is 1. The lowest BCUT2D eigenvalue weighted by Gasteiger charge is -2.15. The van der Waals surface area contributed by atoms with Crippen LogP contribution in [0.1, 0.15) is 54.0 Å². The van der Waals surface area contributed by atoms with E-state index in [2.05, 4.69) is 39.3 Å². The molecule has 6 aromatic rings. The van der Waals surface area contributed by atoms with Crippen molar-refractivity contribution in [2.75, 3.05) is 5.32 Å². The number of amides is 1. The summed E-state index contributed by atoms with van der Waals surface area (Å²) in [7, 11) is 1.35. The Morgan fingerprint density at radius 3 is 2.50 bits per heavy atom. The molecule has 250 valence electrons. The van der Waals surface area contributed by atoms with Gasteiger partial charge in [0.2, 0.25) is 5.95 Å².